The lowest BCUT2D eigenvalue weighted by molar-refractivity contribution is 0.0609. The predicted octanol–water partition coefficient (Wildman–Crippen LogP) is 2.02. The SMILES string of the molecule is Cc1ccc(S(=O)(=O)NCCNC(=O)c2ccc3c(c2)C(=O)N(C(C)C)C3=O)cc1C. The quantitative estimate of drug-likeness (QED) is 0.502. The van der Waals surface area contributed by atoms with Crippen LogP contribution in [0.15, 0.2) is 41.3 Å². The summed E-state index contributed by atoms with van der Waals surface area (Å²) in [4.78, 5) is 38.6. The molecule has 2 aromatic rings. The highest BCUT2D eigenvalue weighted by atomic mass is 32.2. The lowest BCUT2D eigenvalue weighted by atomic mass is 10.1. The number of carbonyl (C=O) groups excluding carboxylic acids is 3. The number of fused-ring (bicyclic) bond motifs is 1. The summed E-state index contributed by atoms with van der Waals surface area (Å²) in [7, 11) is -3.69. The maximum atomic E-state index is 12.5. The van der Waals surface area contributed by atoms with Gasteiger partial charge in [-0.2, -0.15) is 0 Å². The number of aryl methyl sites for hydroxylation is 2. The molecule has 0 radical (unpaired) electrons. The maximum absolute atomic E-state index is 12.5. The Kier molecular flexibility index (Phi) is 6.28. The third-order valence-corrected chi connectivity index (χ3v) is 6.65. The van der Waals surface area contributed by atoms with E-state index in [1.54, 1.807) is 26.0 Å². The van der Waals surface area contributed by atoms with Gasteiger partial charge in [0.1, 0.15) is 0 Å². The van der Waals surface area contributed by atoms with Crippen LogP contribution in [0.5, 0.6) is 0 Å². The van der Waals surface area contributed by atoms with E-state index < -0.39 is 21.8 Å². The fourth-order valence-corrected chi connectivity index (χ4v) is 4.41. The first-order valence-electron chi connectivity index (χ1n) is 9.90. The van der Waals surface area contributed by atoms with Crippen LogP contribution in [0.4, 0.5) is 0 Å². The number of rotatable bonds is 7. The molecule has 0 bridgehead atoms. The van der Waals surface area contributed by atoms with Crippen molar-refractivity contribution in [3.05, 3.63) is 64.2 Å². The summed E-state index contributed by atoms with van der Waals surface area (Å²) in [6, 6.07) is 8.93. The Labute approximate surface area is 181 Å². The monoisotopic (exact) mass is 443 g/mol. The van der Waals surface area contributed by atoms with E-state index in [1.165, 1.54) is 24.3 Å². The summed E-state index contributed by atoms with van der Waals surface area (Å²) in [5.74, 6) is -1.26. The van der Waals surface area contributed by atoms with Crippen molar-refractivity contribution in [2.45, 2.75) is 38.6 Å². The fourth-order valence-electron chi connectivity index (χ4n) is 3.30. The normalized spacial score (nSPS) is 13.6. The van der Waals surface area contributed by atoms with Crippen molar-refractivity contribution in [1.82, 2.24) is 14.9 Å². The Balaban J connectivity index is 1.60. The zero-order valence-corrected chi connectivity index (χ0v) is 18.7. The minimum Gasteiger partial charge on any atom is -0.351 e. The van der Waals surface area contributed by atoms with E-state index in [2.05, 4.69) is 10.0 Å². The van der Waals surface area contributed by atoms with Gasteiger partial charge in [-0.05, 0) is 69.2 Å². The number of nitrogens with zero attached hydrogens (tertiary/aromatic N) is 1. The summed E-state index contributed by atoms with van der Waals surface area (Å²) in [5, 5.41) is 2.62. The molecule has 0 atom stereocenters. The molecule has 31 heavy (non-hydrogen) atoms. The van der Waals surface area contributed by atoms with Crippen LogP contribution >= 0.6 is 0 Å². The molecule has 0 aromatic heterocycles. The van der Waals surface area contributed by atoms with Crippen LogP contribution in [0.2, 0.25) is 0 Å². The zero-order valence-electron chi connectivity index (χ0n) is 17.9. The molecule has 2 N–H and O–H groups in total. The first-order valence-corrected chi connectivity index (χ1v) is 11.4. The molecule has 1 aliphatic rings. The molecule has 0 unspecified atom stereocenters. The number of hydrogen-bond donors (Lipinski definition) is 2. The van der Waals surface area contributed by atoms with Gasteiger partial charge in [-0.1, -0.05) is 6.07 Å². The molecule has 0 spiro atoms. The van der Waals surface area contributed by atoms with Crippen LogP contribution < -0.4 is 10.0 Å². The number of imide groups is 1. The van der Waals surface area contributed by atoms with Crippen molar-refractivity contribution in [2.24, 2.45) is 0 Å². The Morgan fingerprint density at radius 1 is 0.935 bits per heavy atom. The average molecular weight is 444 g/mol. The molecule has 0 aliphatic carbocycles. The van der Waals surface area contributed by atoms with Crippen LogP contribution in [0.25, 0.3) is 0 Å². The second kappa shape index (κ2) is 8.60. The van der Waals surface area contributed by atoms with Gasteiger partial charge in [0, 0.05) is 24.7 Å². The first kappa shape index (κ1) is 22.6. The Morgan fingerprint density at radius 3 is 2.26 bits per heavy atom. The summed E-state index contributed by atoms with van der Waals surface area (Å²) in [6.45, 7) is 7.29. The largest absolute Gasteiger partial charge is 0.351 e. The first-order chi connectivity index (χ1) is 14.5. The summed E-state index contributed by atoms with van der Waals surface area (Å²) >= 11 is 0. The van der Waals surface area contributed by atoms with Crippen LogP contribution in [0.1, 0.15) is 56.0 Å². The van der Waals surface area contributed by atoms with Crippen LogP contribution in [-0.4, -0.2) is 50.2 Å². The maximum Gasteiger partial charge on any atom is 0.261 e. The number of carbonyl (C=O) groups is 3. The molecular weight excluding hydrogens is 418 g/mol. The average Bonchev–Trinajstić information content (AvgIpc) is 2.97. The van der Waals surface area contributed by atoms with Gasteiger partial charge in [0.25, 0.3) is 17.7 Å². The summed E-state index contributed by atoms with van der Waals surface area (Å²) in [5.41, 5.74) is 2.56. The minimum absolute atomic E-state index is 0.00445. The number of amides is 3. The third kappa shape index (κ3) is 4.52. The van der Waals surface area contributed by atoms with Gasteiger partial charge in [0.05, 0.1) is 16.0 Å². The van der Waals surface area contributed by atoms with Gasteiger partial charge in [-0.15, -0.1) is 0 Å². The topological polar surface area (TPSA) is 113 Å². The highest BCUT2D eigenvalue weighted by Gasteiger charge is 2.37. The molecular formula is C22H25N3O5S. The highest BCUT2D eigenvalue weighted by molar-refractivity contribution is 7.89. The second-order valence-corrected chi connectivity index (χ2v) is 9.50. The smallest absolute Gasteiger partial charge is 0.261 e. The van der Waals surface area contributed by atoms with Crippen molar-refractivity contribution in [1.29, 1.82) is 0 Å². The standard InChI is InChI=1S/C22H25N3O5S/c1-13(2)25-21(27)18-8-6-16(12-19(18)22(25)28)20(26)23-9-10-24-31(29,30)17-7-5-14(3)15(4)11-17/h5-8,11-13,24H,9-10H2,1-4H3,(H,23,26). The van der Waals surface area contributed by atoms with Gasteiger partial charge in [-0.25, -0.2) is 13.1 Å². The van der Waals surface area contributed by atoms with E-state index in [-0.39, 0.29) is 46.6 Å². The van der Waals surface area contributed by atoms with Gasteiger partial charge >= 0.3 is 0 Å². The molecule has 9 heteroatoms. The number of sulfonamides is 1. The van der Waals surface area contributed by atoms with Crippen molar-refractivity contribution >= 4 is 27.7 Å². The summed E-state index contributed by atoms with van der Waals surface area (Å²) in [6.07, 6.45) is 0. The zero-order chi connectivity index (χ0) is 22.9. The Bertz CT molecular complexity index is 1170. The highest BCUT2D eigenvalue weighted by Crippen LogP contribution is 2.25. The van der Waals surface area contributed by atoms with Crippen molar-refractivity contribution in [2.75, 3.05) is 13.1 Å². The molecule has 0 saturated carbocycles. The van der Waals surface area contributed by atoms with Crippen molar-refractivity contribution in [3.8, 4) is 0 Å². The van der Waals surface area contributed by atoms with Gasteiger partial charge in [0.2, 0.25) is 10.0 Å². The Hall–Kier alpha value is -3.04. The number of nitrogens with one attached hydrogen (secondary N) is 2. The van der Waals surface area contributed by atoms with Crippen molar-refractivity contribution in [3.63, 3.8) is 0 Å². The third-order valence-electron chi connectivity index (χ3n) is 5.19. The fraction of sp³-hybridized carbons (Fsp3) is 0.318. The minimum atomic E-state index is -3.69. The Morgan fingerprint density at radius 2 is 1.61 bits per heavy atom. The molecule has 1 aliphatic heterocycles. The van der Waals surface area contributed by atoms with E-state index >= 15 is 0 Å². The van der Waals surface area contributed by atoms with Gasteiger partial charge < -0.3 is 5.32 Å². The number of benzene rings is 2. The van der Waals surface area contributed by atoms with Crippen LogP contribution in [0, 0.1) is 13.8 Å². The molecule has 1 heterocycles. The van der Waals surface area contributed by atoms with Gasteiger partial charge in [-0.3, -0.25) is 19.3 Å². The van der Waals surface area contributed by atoms with E-state index in [1.807, 2.05) is 13.8 Å². The van der Waals surface area contributed by atoms with E-state index in [0.29, 0.717) is 0 Å². The van der Waals surface area contributed by atoms with E-state index in [9.17, 15) is 22.8 Å². The van der Waals surface area contributed by atoms with E-state index in [4.69, 9.17) is 0 Å². The lowest BCUT2D eigenvalue weighted by Gasteiger charge is -2.17. The molecule has 0 fully saturated rings. The second-order valence-electron chi connectivity index (χ2n) is 7.73. The molecule has 0 saturated heterocycles. The van der Waals surface area contributed by atoms with Crippen molar-refractivity contribution < 1.29 is 22.8 Å². The molecule has 164 valence electrons. The summed E-state index contributed by atoms with van der Waals surface area (Å²) < 4.78 is 27.2. The molecule has 2 aromatic carbocycles. The van der Waals surface area contributed by atoms with Crippen LogP contribution in [0.3, 0.4) is 0 Å². The molecule has 3 rings (SSSR count). The molecule has 3 amide bonds. The number of hydrogen-bond acceptors (Lipinski definition) is 5. The van der Waals surface area contributed by atoms with E-state index in [0.717, 1.165) is 16.0 Å². The predicted molar refractivity (Wildman–Crippen MR) is 116 cm³/mol. The lowest BCUT2D eigenvalue weighted by Crippen LogP contribution is -2.36. The van der Waals surface area contributed by atoms with Gasteiger partial charge in [0.15, 0.2) is 0 Å². The van der Waals surface area contributed by atoms with Crippen LogP contribution in [-0.2, 0) is 10.0 Å². The molecule has 8 nitrogen and oxygen atoms in total.